The van der Waals surface area contributed by atoms with Gasteiger partial charge in [0, 0.05) is 5.54 Å². The third kappa shape index (κ3) is 5.73. The minimum absolute atomic E-state index is 0.143. The predicted octanol–water partition coefficient (Wildman–Crippen LogP) is 4.34. The maximum Gasteiger partial charge on any atom is 0.123 e. The van der Waals surface area contributed by atoms with Crippen LogP contribution in [0.5, 0.6) is 0 Å². The Morgan fingerprint density at radius 1 is 1.21 bits per heavy atom. The molecule has 0 aliphatic rings. The molecule has 0 bridgehead atoms. The summed E-state index contributed by atoms with van der Waals surface area (Å²) in [5.74, 6) is 1.04. The van der Waals surface area contributed by atoms with E-state index in [0.29, 0.717) is 11.8 Å². The molecule has 0 aromatic heterocycles. The summed E-state index contributed by atoms with van der Waals surface area (Å²) in [6.07, 6.45) is 1.01. The second kappa shape index (κ2) is 6.51. The van der Waals surface area contributed by atoms with Crippen molar-refractivity contribution in [1.29, 1.82) is 0 Å². The first kappa shape index (κ1) is 16.2. The van der Waals surface area contributed by atoms with Gasteiger partial charge in [0.2, 0.25) is 0 Å². The molecular formula is C17H28FN. The molecule has 0 heterocycles. The first-order valence-corrected chi connectivity index (χ1v) is 7.19. The average Bonchev–Trinajstić information content (AvgIpc) is 2.24. The molecule has 1 atom stereocenters. The molecule has 0 amide bonds. The Morgan fingerprint density at radius 3 is 2.32 bits per heavy atom. The standard InChI is InChI=1S/C17H28FN/c1-12(2)15(11-19-17(4,5)6)10-14-7-8-16(18)9-13(14)3/h7-9,12,15,19H,10-11H2,1-6H3. The van der Waals surface area contributed by atoms with E-state index in [2.05, 4.69) is 39.9 Å². The predicted molar refractivity (Wildman–Crippen MR) is 80.9 cm³/mol. The second-order valence-electron chi connectivity index (χ2n) is 6.91. The normalized spacial score (nSPS) is 13.9. The molecule has 1 nitrogen and oxygen atoms in total. The fourth-order valence-electron chi connectivity index (χ4n) is 2.15. The average molecular weight is 265 g/mol. The Kier molecular flexibility index (Phi) is 5.54. The summed E-state index contributed by atoms with van der Waals surface area (Å²) in [4.78, 5) is 0. The van der Waals surface area contributed by atoms with Crippen LogP contribution in [-0.4, -0.2) is 12.1 Å². The van der Waals surface area contributed by atoms with E-state index in [9.17, 15) is 4.39 Å². The minimum atomic E-state index is -0.143. The Labute approximate surface area is 117 Å². The first-order chi connectivity index (χ1) is 8.69. The van der Waals surface area contributed by atoms with Gasteiger partial charge in [-0.3, -0.25) is 0 Å². The lowest BCUT2D eigenvalue weighted by Crippen LogP contribution is -2.40. The maximum atomic E-state index is 13.1. The highest BCUT2D eigenvalue weighted by atomic mass is 19.1. The first-order valence-electron chi connectivity index (χ1n) is 7.19. The Morgan fingerprint density at radius 2 is 1.84 bits per heavy atom. The number of halogens is 1. The van der Waals surface area contributed by atoms with Gasteiger partial charge in [-0.15, -0.1) is 0 Å². The van der Waals surface area contributed by atoms with Gasteiger partial charge in [-0.2, -0.15) is 0 Å². The van der Waals surface area contributed by atoms with Crippen LogP contribution in [0.25, 0.3) is 0 Å². The Balaban J connectivity index is 2.73. The summed E-state index contributed by atoms with van der Waals surface area (Å²) in [5.41, 5.74) is 2.46. The van der Waals surface area contributed by atoms with Crippen LogP contribution in [-0.2, 0) is 6.42 Å². The molecule has 1 aromatic carbocycles. The Hall–Kier alpha value is -0.890. The highest BCUT2D eigenvalue weighted by Gasteiger charge is 2.18. The van der Waals surface area contributed by atoms with Crippen molar-refractivity contribution >= 4 is 0 Å². The number of rotatable bonds is 5. The van der Waals surface area contributed by atoms with Gasteiger partial charge in [0.15, 0.2) is 0 Å². The largest absolute Gasteiger partial charge is 0.312 e. The number of hydrogen-bond donors (Lipinski definition) is 1. The van der Waals surface area contributed by atoms with Gasteiger partial charge in [-0.1, -0.05) is 19.9 Å². The van der Waals surface area contributed by atoms with Gasteiger partial charge in [0.1, 0.15) is 5.82 Å². The van der Waals surface area contributed by atoms with Crippen LogP contribution in [0, 0.1) is 24.6 Å². The fourth-order valence-corrected chi connectivity index (χ4v) is 2.15. The lowest BCUT2D eigenvalue weighted by Gasteiger charge is -2.28. The zero-order valence-electron chi connectivity index (χ0n) is 13.2. The molecule has 108 valence electrons. The molecule has 1 unspecified atom stereocenters. The topological polar surface area (TPSA) is 12.0 Å². The highest BCUT2D eigenvalue weighted by molar-refractivity contribution is 5.27. The van der Waals surface area contributed by atoms with Crippen LogP contribution in [0.2, 0.25) is 0 Å². The lowest BCUT2D eigenvalue weighted by atomic mass is 9.87. The van der Waals surface area contributed by atoms with E-state index in [1.54, 1.807) is 12.1 Å². The summed E-state index contributed by atoms with van der Waals surface area (Å²) in [6, 6.07) is 5.12. The number of benzene rings is 1. The SMILES string of the molecule is Cc1cc(F)ccc1CC(CNC(C)(C)C)C(C)C. The van der Waals surface area contributed by atoms with E-state index >= 15 is 0 Å². The monoisotopic (exact) mass is 265 g/mol. The second-order valence-corrected chi connectivity index (χ2v) is 6.91. The maximum absolute atomic E-state index is 13.1. The molecule has 1 rings (SSSR count). The van der Waals surface area contributed by atoms with E-state index in [1.807, 2.05) is 13.0 Å². The van der Waals surface area contributed by atoms with Gasteiger partial charge >= 0.3 is 0 Å². The van der Waals surface area contributed by atoms with E-state index in [1.165, 1.54) is 5.56 Å². The van der Waals surface area contributed by atoms with Gasteiger partial charge in [-0.25, -0.2) is 4.39 Å². The fraction of sp³-hybridized carbons (Fsp3) is 0.647. The summed E-state index contributed by atoms with van der Waals surface area (Å²) in [6.45, 7) is 14.1. The molecule has 0 aliphatic carbocycles. The van der Waals surface area contributed by atoms with Crippen molar-refractivity contribution in [3.63, 3.8) is 0 Å². The van der Waals surface area contributed by atoms with Crippen molar-refractivity contribution < 1.29 is 4.39 Å². The van der Waals surface area contributed by atoms with Gasteiger partial charge < -0.3 is 5.32 Å². The van der Waals surface area contributed by atoms with Crippen molar-refractivity contribution in [3.05, 3.63) is 35.1 Å². The van der Waals surface area contributed by atoms with Crippen LogP contribution in [0.1, 0.15) is 45.7 Å². The summed E-state index contributed by atoms with van der Waals surface area (Å²) >= 11 is 0. The molecule has 1 N–H and O–H groups in total. The van der Waals surface area contributed by atoms with Crippen molar-refractivity contribution in [3.8, 4) is 0 Å². The van der Waals surface area contributed by atoms with E-state index in [4.69, 9.17) is 0 Å². The molecule has 1 aromatic rings. The molecule has 0 saturated carbocycles. The number of aryl methyl sites for hydroxylation is 1. The number of hydrogen-bond acceptors (Lipinski definition) is 1. The molecule has 0 aliphatic heterocycles. The van der Waals surface area contributed by atoms with Crippen LogP contribution in [0.3, 0.4) is 0 Å². The summed E-state index contributed by atoms with van der Waals surface area (Å²) < 4.78 is 13.1. The van der Waals surface area contributed by atoms with E-state index < -0.39 is 0 Å². The molecule has 0 spiro atoms. The quantitative estimate of drug-likeness (QED) is 0.835. The highest BCUT2D eigenvalue weighted by Crippen LogP contribution is 2.20. The molecular weight excluding hydrogens is 237 g/mol. The van der Waals surface area contributed by atoms with Gasteiger partial charge in [0.05, 0.1) is 0 Å². The van der Waals surface area contributed by atoms with Gasteiger partial charge in [0.25, 0.3) is 0 Å². The molecule has 19 heavy (non-hydrogen) atoms. The molecule has 0 saturated heterocycles. The number of nitrogens with one attached hydrogen (secondary N) is 1. The Bertz CT molecular complexity index is 404. The smallest absolute Gasteiger partial charge is 0.123 e. The third-order valence-electron chi connectivity index (χ3n) is 3.62. The lowest BCUT2D eigenvalue weighted by molar-refractivity contribution is 0.312. The molecule has 0 radical (unpaired) electrons. The molecule has 2 heteroatoms. The summed E-state index contributed by atoms with van der Waals surface area (Å²) in [5, 5.41) is 3.58. The van der Waals surface area contributed by atoms with Crippen molar-refractivity contribution in [2.45, 2.75) is 53.5 Å². The van der Waals surface area contributed by atoms with Crippen LogP contribution < -0.4 is 5.32 Å². The van der Waals surface area contributed by atoms with Gasteiger partial charge in [-0.05, 0) is 75.8 Å². The zero-order valence-corrected chi connectivity index (χ0v) is 13.2. The van der Waals surface area contributed by atoms with Crippen molar-refractivity contribution in [2.24, 2.45) is 11.8 Å². The van der Waals surface area contributed by atoms with Crippen LogP contribution in [0.4, 0.5) is 4.39 Å². The van der Waals surface area contributed by atoms with Crippen LogP contribution >= 0.6 is 0 Å². The van der Waals surface area contributed by atoms with E-state index in [0.717, 1.165) is 18.5 Å². The van der Waals surface area contributed by atoms with E-state index in [-0.39, 0.29) is 11.4 Å². The molecule has 0 fully saturated rings. The zero-order chi connectivity index (χ0) is 14.6. The van der Waals surface area contributed by atoms with Crippen molar-refractivity contribution in [2.75, 3.05) is 6.54 Å². The third-order valence-corrected chi connectivity index (χ3v) is 3.62. The van der Waals surface area contributed by atoms with Crippen LogP contribution in [0.15, 0.2) is 18.2 Å². The summed E-state index contributed by atoms with van der Waals surface area (Å²) in [7, 11) is 0. The van der Waals surface area contributed by atoms with Crippen molar-refractivity contribution in [1.82, 2.24) is 5.32 Å². The minimum Gasteiger partial charge on any atom is -0.312 e.